The molecule has 1 saturated carbocycles. The zero-order chi connectivity index (χ0) is 24.3. The van der Waals surface area contributed by atoms with E-state index in [2.05, 4.69) is 20.0 Å². The lowest BCUT2D eigenvalue weighted by Crippen LogP contribution is -2.44. The standard InChI is InChI=1S/C21H21Cl2F3N6O/c1-11(18(30-12(2)27)31-20-28-8-17(23)9-29-20)32(10-13-3-4-13)19(33)14-5-15(21(24,25)26)7-16(22)6-14/h5-9,11,13H,3-4,10H2,1-2H3,(H2,27,28,29,30,31). The highest BCUT2D eigenvalue weighted by Crippen LogP contribution is 2.34. The number of rotatable bonds is 6. The smallest absolute Gasteiger partial charge is 0.387 e. The molecule has 2 N–H and O–H groups in total. The number of aromatic nitrogens is 2. The predicted octanol–water partition coefficient (Wildman–Crippen LogP) is 5.15. The molecule has 1 aromatic carbocycles. The monoisotopic (exact) mass is 500 g/mol. The first-order valence-electron chi connectivity index (χ1n) is 9.99. The van der Waals surface area contributed by atoms with Crippen LogP contribution in [0.2, 0.25) is 10.0 Å². The quantitative estimate of drug-likeness (QED) is 0.438. The Hall–Kier alpha value is -2.72. The maximum Gasteiger partial charge on any atom is 0.416 e. The van der Waals surface area contributed by atoms with Crippen LogP contribution in [0.25, 0.3) is 0 Å². The number of amides is 1. The molecule has 1 aliphatic rings. The van der Waals surface area contributed by atoms with Crippen molar-refractivity contribution in [1.29, 1.82) is 0 Å². The summed E-state index contributed by atoms with van der Waals surface area (Å²) in [5.74, 6) is -0.0438. The highest BCUT2D eigenvalue weighted by molar-refractivity contribution is 6.31. The van der Waals surface area contributed by atoms with Gasteiger partial charge in [-0.2, -0.15) is 18.2 Å². The van der Waals surface area contributed by atoms with Crippen molar-refractivity contribution in [2.45, 2.75) is 38.9 Å². The fourth-order valence-electron chi connectivity index (χ4n) is 3.04. The van der Waals surface area contributed by atoms with Crippen molar-refractivity contribution < 1.29 is 18.0 Å². The van der Waals surface area contributed by atoms with E-state index in [1.54, 1.807) is 13.8 Å². The van der Waals surface area contributed by atoms with Gasteiger partial charge < -0.3 is 10.6 Å². The van der Waals surface area contributed by atoms with E-state index >= 15 is 0 Å². The van der Waals surface area contributed by atoms with Crippen LogP contribution in [0, 0.1) is 5.92 Å². The molecule has 7 nitrogen and oxygen atoms in total. The van der Waals surface area contributed by atoms with Crippen molar-refractivity contribution in [1.82, 2.24) is 14.9 Å². The number of benzene rings is 1. The summed E-state index contributed by atoms with van der Waals surface area (Å²) >= 11 is 11.7. The fraction of sp³-hybridized carbons (Fsp3) is 0.381. The first-order valence-corrected chi connectivity index (χ1v) is 10.7. The SMILES string of the molecule is CC(N)=N/C(=N/c1ncc(Cl)cn1)C(C)N(CC1CC1)C(=O)c1cc(Cl)cc(C(F)(F)F)c1. The number of alkyl halides is 3. The number of aliphatic imine (C=N–C) groups is 2. The summed E-state index contributed by atoms with van der Waals surface area (Å²) in [5.41, 5.74) is 4.57. The van der Waals surface area contributed by atoms with E-state index in [0.717, 1.165) is 25.0 Å². The number of nitrogens with two attached hydrogens (primary N) is 1. The van der Waals surface area contributed by atoms with Gasteiger partial charge in [-0.05, 0) is 50.8 Å². The average Bonchev–Trinajstić information content (AvgIpc) is 3.55. The molecule has 0 saturated heterocycles. The van der Waals surface area contributed by atoms with Crippen LogP contribution in [-0.4, -0.2) is 45.0 Å². The Kier molecular flexibility index (Phi) is 7.58. The largest absolute Gasteiger partial charge is 0.416 e. The molecule has 1 amide bonds. The van der Waals surface area contributed by atoms with Crippen LogP contribution in [0.3, 0.4) is 0 Å². The molecule has 0 bridgehead atoms. The average molecular weight is 501 g/mol. The highest BCUT2D eigenvalue weighted by atomic mass is 35.5. The Morgan fingerprint density at radius 2 is 1.85 bits per heavy atom. The van der Waals surface area contributed by atoms with E-state index in [-0.39, 0.29) is 34.1 Å². The molecule has 176 valence electrons. The zero-order valence-electron chi connectivity index (χ0n) is 17.8. The van der Waals surface area contributed by atoms with E-state index in [1.165, 1.54) is 23.4 Å². The summed E-state index contributed by atoms with van der Waals surface area (Å²) in [4.78, 5) is 31.4. The van der Waals surface area contributed by atoms with Crippen LogP contribution < -0.4 is 5.73 Å². The number of hydrogen-bond acceptors (Lipinski definition) is 4. The summed E-state index contributed by atoms with van der Waals surface area (Å²) in [6, 6.07) is 2.03. The van der Waals surface area contributed by atoms with Crippen LogP contribution in [0.5, 0.6) is 0 Å². The van der Waals surface area contributed by atoms with Gasteiger partial charge in [-0.1, -0.05) is 23.2 Å². The van der Waals surface area contributed by atoms with Gasteiger partial charge in [-0.25, -0.2) is 15.0 Å². The van der Waals surface area contributed by atoms with E-state index in [1.807, 2.05) is 0 Å². The topological polar surface area (TPSA) is 96.8 Å². The number of carbonyl (C=O) groups is 1. The van der Waals surface area contributed by atoms with Crippen molar-refractivity contribution in [2.24, 2.45) is 21.6 Å². The van der Waals surface area contributed by atoms with Crippen molar-refractivity contribution in [2.75, 3.05) is 6.54 Å². The van der Waals surface area contributed by atoms with Crippen LogP contribution in [0.4, 0.5) is 19.1 Å². The molecule has 0 radical (unpaired) electrons. The summed E-state index contributed by atoms with van der Waals surface area (Å²) in [6.07, 6.45) is -0.122. The summed E-state index contributed by atoms with van der Waals surface area (Å²) in [5, 5.41) is 0.125. The molecular weight excluding hydrogens is 480 g/mol. The molecule has 1 aliphatic carbocycles. The number of amidine groups is 2. The molecule has 3 rings (SSSR count). The number of nitrogens with zero attached hydrogens (tertiary/aromatic N) is 5. The van der Waals surface area contributed by atoms with Gasteiger partial charge in [-0.3, -0.25) is 4.79 Å². The van der Waals surface area contributed by atoms with Gasteiger partial charge in [0.25, 0.3) is 11.9 Å². The maximum absolute atomic E-state index is 13.4. The van der Waals surface area contributed by atoms with Gasteiger partial charge in [0.1, 0.15) is 0 Å². The van der Waals surface area contributed by atoms with Crippen LogP contribution >= 0.6 is 23.2 Å². The summed E-state index contributed by atoms with van der Waals surface area (Å²) in [6.45, 7) is 3.52. The maximum atomic E-state index is 13.4. The minimum Gasteiger partial charge on any atom is -0.387 e. The Balaban J connectivity index is 2.01. The van der Waals surface area contributed by atoms with E-state index in [4.69, 9.17) is 28.9 Å². The van der Waals surface area contributed by atoms with Gasteiger partial charge in [0.05, 0.1) is 34.9 Å². The van der Waals surface area contributed by atoms with Crippen LogP contribution in [-0.2, 0) is 6.18 Å². The number of carbonyl (C=O) groups excluding carboxylic acids is 1. The molecular formula is C21H21Cl2F3N6O. The lowest BCUT2D eigenvalue weighted by atomic mass is 10.1. The van der Waals surface area contributed by atoms with Gasteiger partial charge in [-0.15, -0.1) is 0 Å². The van der Waals surface area contributed by atoms with Crippen molar-refractivity contribution in [3.05, 3.63) is 51.8 Å². The van der Waals surface area contributed by atoms with Crippen LogP contribution in [0.15, 0.2) is 40.6 Å². The minimum atomic E-state index is -4.65. The first-order chi connectivity index (χ1) is 15.4. The molecule has 12 heteroatoms. The second-order valence-corrected chi connectivity index (χ2v) is 8.60. The van der Waals surface area contributed by atoms with E-state index in [9.17, 15) is 18.0 Å². The Labute approximate surface area is 198 Å². The first kappa shape index (κ1) is 24.9. The summed E-state index contributed by atoms with van der Waals surface area (Å²) in [7, 11) is 0. The third-order valence-electron chi connectivity index (χ3n) is 4.84. The lowest BCUT2D eigenvalue weighted by Gasteiger charge is -2.29. The minimum absolute atomic E-state index is 0.0483. The van der Waals surface area contributed by atoms with E-state index < -0.39 is 23.7 Å². The number of halogens is 5. The molecule has 1 fully saturated rings. The van der Waals surface area contributed by atoms with Crippen LogP contribution in [0.1, 0.15) is 42.6 Å². The Morgan fingerprint density at radius 3 is 2.39 bits per heavy atom. The van der Waals surface area contributed by atoms with E-state index in [0.29, 0.717) is 11.6 Å². The number of hydrogen-bond donors (Lipinski definition) is 1. The van der Waals surface area contributed by atoms with Gasteiger partial charge in [0.15, 0.2) is 5.84 Å². The van der Waals surface area contributed by atoms with Crippen molar-refractivity contribution >= 4 is 46.7 Å². The third-order valence-corrected chi connectivity index (χ3v) is 5.25. The molecule has 1 unspecified atom stereocenters. The fourth-order valence-corrected chi connectivity index (χ4v) is 3.37. The molecule has 2 aromatic rings. The molecule has 1 atom stereocenters. The third kappa shape index (κ3) is 6.88. The summed E-state index contributed by atoms with van der Waals surface area (Å²) < 4.78 is 39.8. The molecule has 1 heterocycles. The molecule has 1 aromatic heterocycles. The Bertz CT molecular complexity index is 1080. The van der Waals surface area contributed by atoms with Gasteiger partial charge in [0.2, 0.25) is 0 Å². The van der Waals surface area contributed by atoms with Gasteiger partial charge in [0, 0.05) is 17.1 Å². The normalized spacial score (nSPS) is 16.0. The second kappa shape index (κ2) is 10.0. The molecule has 33 heavy (non-hydrogen) atoms. The molecule has 0 aliphatic heterocycles. The highest BCUT2D eigenvalue weighted by Gasteiger charge is 2.35. The molecule has 0 spiro atoms. The van der Waals surface area contributed by atoms with Crippen molar-refractivity contribution in [3.63, 3.8) is 0 Å². The second-order valence-electron chi connectivity index (χ2n) is 7.73. The lowest BCUT2D eigenvalue weighted by molar-refractivity contribution is -0.137. The zero-order valence-corrected chi connectivity index (χ0v) is 19.3. The Morgan fingerprint density at radius 1 is 1.21 bits per heavy atom. The van der Waals surface area contributed by atoms with Gasteiger partial charge >= 0.3 is 6.18 Å². The predicted molar refractivity (Wildman–Crippen MR) is 121 cm³/mol. The van der Waals surface area contributed by atoms with Crippen molar-refractivity contribution in [3.8, 4) is 0 Å².